The summed E-state index contributed by atoms with van der Waals surface area (Å²) in [6.07, 6.45) is 6.49. The van der Waals surface area contributed by atoms with Crippen LogP contribution < -0.4 is 0 Å². The minimum Gasteiger partial charge on any atom is -0.298 e. The maximum Gasteiger partial charge on any atom is 0.0595 e. The minimum absolute atomic E-state index is 0.629. The van der Waals surface area contributed by atoms with Gasteiger partial charge in [0.2, 0.25) is 0 Å². The summed E-state index contributed by atoms with van der Waals surface area (Å²) in [5.41, 5.74) is 1.29. The van der Waals surface area contributed by atoms with Crippen molar-refractivity contribution in [2.75, 3.05) is 26.2 Å². The van der Waals surface area contributed by atoms with Crippen molar-refractivity contribution in [1.82, 2.24) is 9.80 Å². The van der Waals surface area contributed by atoms with E-state index in [9.17, 15) is 0 Å². The standard InChI is InChI=1S/C20H30Cl2N2.C2H6/c1-15-3-7-18(13-15)24-11-9-23(10-12-24)16(2)4-5-17-6-8-19(21)20(22)14-17;1-2/h6,8,14-16,18H,3-5,7,9-13H2,1-2H3;1-2H3. The van der Waals surface area contributed by atoms with Gasteiger partial charge in [-0.15, -0.1) is 0 Å². The maximum atomic E-state index is 6.12. The molecule has 1 aromatic rings. The van der Waals surface area contributed by atoms with Crippen LogP contribution in [0.15, 0.2) is 18.2 Å². The normalized spacial score (nSPS) is 25.6. The Labute approximate surface area is 170 Å². The SMILES string of the molecule is CC.CC1CCC(N2CCN(C(C)CCc3ccc(Cl)c(Cl)c3)CC2)C1. The Balaban J connectivity index is 0.00000117. The first kappa shape index (κ1) is 22.0. The van der Waals surface area contributed by atoms with Gasteiger partial charge in [-0.05, 0) is 62.6 Å². The van der Waals surface area contributed by atoms with Crippen LogP contribution >= 0.6 is 23.2 Å². The molecule has 1 aromatic carbocycles. The fourth-order valence-electron chi connectivity index (χ4n) is 4.31. The third-order valence-corrected chi connectivity index (χ3v) is 6.73. The number of piperazine rings is 1. The molecular weight excluding hydrogens is 363 g/mol. The van der Waals surface area contributed by atoms with Gasteiger partial charge < -0.3 is 0 Å². The highest BCUT2D eigenvalue weighted by Crippen LogP contribution is 2.29. The zero-order valence-corrected chi connectivity index (χ0v) is 18.5. The molecule has 3 atom stereocenters. The van der Waals surface area contributed by atoms with Crippen LogP contribution in [0.4, 0.5) is 0 Å². The number of aryl methyl sites for hydroxylation is 1. The van der Waals surface area contributed by atoms with E-state index in [-0.39, 0.29) is 0 Å². The molecule has 148 valence electrons. The summed E-state index contributed by atoms with van der Waals surface area (Å²) in [6.45, 7) is 13.7. The van der Waals surface area contributed by atoms with Crippen LogP contribution in [0.3, 0.4) is 0 Å². The number of nitrogens with zero attached hydrogens (tertiary/aromatic N) is 2. The summed E-state index contributed by atoms with van der Waals surface area (Å²) in [7, 11) is 0. The van der Waals surface area contributed by atoms with Gasteiger partial charge in [0.05, 0.1) is 10.0 Å². The molecule has 3 rings (SSSR count). The van der Waals surface area contributed by atoms with Crippen LogP contribution in [-0.2, 0) is 6.42 Å². The van der Waals surface area contributed by atoms with Crippen LogP contribution in [0.2, 0.25) is 10.0 Å². The zero-order valence-electron chi connectivity index (χ0n) is 17.0. The second kappa shape index (κ2) is 10.9. The van der Waals surface area contributed by atoms with Gasteiger partial charge in [-0.25, -0.2) is 0 Å². The summed E-state index contributed by atoms with van der Waals surface area (Å²) >= 11 is 12.1. The van der Waals surface area contributed by atoms with Crippen molar-refractivity contribution in [2.24, 2.45) is 5.92 Å². The molecule has 1 heterocycles. The van der Waals surface area contributed by atoms with Crippen molar-refractivity contribution in [3.8, 4) is 0 Å². The summed E-state index contributed by atoms with van der Waals surface area (Å²) < 4.78 is 0. The Hall–Kier alpha value is -0.280. The first-order valence-electron chi connectivity index (χ1n) is 10.4. The first-order valence-corrected chi connectivity index (χ1v) is 11.2. The number of rotatable bonds is 5. The number of hydrogen-bond acceptors (Lipinski definition) is 2. The Morgan fingerprint density at radius 2 is 1.73 bits per heavy atom. The van der Waals surface area contributed by atoms with E-state index in [1.54, 1.807) is 0 Å². The predicted molar refractivity (Wildman–Crippen MR) is 116 cm³/mol. The molecule has 0 spiro atoms. The molecule has 0 amide bonds. The predicted octanol–water partition coefficient (Wildman–Crippen LogP) is 6.15. The lowest BCUT2D eigenvalue weighted by Crippen LogP contribution is -2.52. The van der Waals surface area contributed by atoms with Gasteiger partial charge in [0, 0.05) is 38.3 Å². The molecule has 0 aromatic heterocycles. The molecule has 1 saturated carbocycles. The summed E-state index contributed by atoms with van der Waals surface area (Å²) in [5.74, 6) is 0.929. The smallest absolute Gasteiger partial charge is 0.0595 e. The summed E-state index contributed by atoms with van der Waals surface area (Å²) in [4.78, 5) is 5.40. The topological polar surface area (TPSA) is 6.48 Å². The second-order valence-electron chi connectivity index (χ2n) is 7.78. The van der Waals surface area contributed by atoms with Crippen molar-refractivity contribution in [2.45, 2.75) is 71.9 Å². The van der Waals surface area contributed by atoms with E-state index in [0.29, 0.717) is 16.1 Å². The molecule has 1 saturated heterocycles. The Morgan fingerprint density at radius 3 is 2.31 bits per heavy atom. The molecule has 2 aliphatic rings. The highest BCUT2D eigenvalue weighted by Gasteiger charge is 2.30. The van der Waals surface area contributed by atoms with Crippen molar-refractivity contribution >= 4 is 23.2 Å². The van der Waals surface area contributed by atoms with Crippen molar-refractivity contribution in [3.63, 3.8) is 0 Å². The third-order valence-electron chi connectivity index (χ3n) is 5.99. The summed E-state index contributed by atoms with van der Waals surface area (Å²) in [5, 5.41) is 1.31. The van der Waals surface area contributed by atoms with Gasteiger partial charge >= 0.3 is 0 Å². The van der Waals surface area contributed by atoms with E-state index in [2.05, 4.69) is 29.7 Å². The molecule has 2 fully saturated rings. The van der Waals surface area contributed by atoms with Gasteiger partial charge in [-0.1, -0.05) is 50.0 Å². The van der Waals surface area contributed by atoms with Crippen molar-refractivity contribution < 1.29 is 0 Å². The average Bonchev–Trinajstić information content (AvgIpc) is 3.10. The van der Waals surface area contributed by atoms with Gasteiger partial charge in [0.1, 0.15) is 0 Å². The van der Waals surface area contributed by atoms with E-state index in [0.717, 1.165) is 18.4 Å². The lowest BCUT2D eigenvalue weighted by molar-refractivity contribution is 0.0718. The van der Waals surface area contributed by atoms with E-state index in [1.807, 2.05) is 26.0 Å². The highest BCUT2D eigenvalue weighted by molar-refractivity contribution is 6.42. The van der Waals surface area contributed by atoms with Gasteiger partial charge in [-0.3, -0.25) is 9.80 Å². The first-order chi connectivity index (χ1) is 12.5. The quantitative estimate of drug-likeness (QED) is 0.586. The molecule has 0 N–H and O–H groups in total. The van der Waals surface area contributed by atoms with Crippen molar-refractivity contribution in [3.05, 3.63) is 33.8 Å². The van der Waals surface area contributed by atoms with Crippen LogP contribution in [0, 0.1) is 5.92 Å². The molecule has 2 nitrogen and oxygen atoms in total. The van der Waals surface area contributed by atoms with Crippen LogP contribution in [-0.4, -0.2) is 48.1 Å². The van der Waals surface area contributed by atoms with Gasteiger partial charge in [0.15, 0.2) is 0 Å². The molecule has 1 aliphatic heterocycles. The lowest BCUT2D eigenvalue weighted by atomic mass is 10.0. The monoisotopic (exact) mass is 398 g/mol. The highest BCUT2D eigenvalue weighted by atomic mass is 35.5. The Morgan fingerprint density at radius 1 is 1.04 bits per heavy atom. The Bertz CT molecular complexity index is 541. The van der Waals surface area contributed by atoms with E-state index in [1.165, 1.54) is 57.4 Å². The third kappa shape index (κ3) is 6.12. The molecule has 3 unspecified atom stereocenters. The van der Waals surface area contributed by atoms with Gasteiger partial charge in [0.25, 0.3) is 0 Å². The van der Waals surface area contributed by atoms with Crippen LogP contribution in [0.25, 0.3) is 0 Å². The maximum absolute atomic E-state index is 6.12. The molecule has 1 aliphatic carbocycles. The second-order valence-corrected chi connectivity index (χ2v) is 8.59. The zero-order chi connectivity index (χ0) is 19.1. The molecule has 4 heteroatoms. The number of halogens is 2. The average molecular weight is 399 g/mol. The van der Waals surface area contributed by atoms with Gasteiger partial charge in [-0.2, -0.15) is 0 Å². The van der Waals surface area contributed by atoms with E-state index in [4.69, 9.17) is 23.2 Å². The molecule has 0 radical (unpaired) electrons. The molecule has 26 heavy (non-hydrogen) atoms. The van der Waals surface area contributed by atoms with E-state index < -0.39 is 0 Å². The fraction of sp³-hybridized carbons (Fsp3) is 0.727. The largest absolute Gasteiger partial charge is 0.298 e. The molecule has 0 bridgehead atoms. The number of benzene rings is 1. The number of hydrogen-bond donors (Lipinski definition) is 0. The van der Waals surface area contributed by atoms with Crippen LogP contribution in [0.5, 0.6) is 0 Å². The molecular formula is C22H36Cl2N2. The van der Waals surface area contributed by atoms with Crippen molar-refractivity contribution in [1.29, 1.82) is 0 Å². The Kier molecular flexibility index (Phi) is 9.23. The van der Waals surface area contributed by atoms with E-state index >= 15 is 0 Å². The minimum atomic E-state index is 0.629. The fourth-order valence-corrected chi connectivity index (χ4v) is 4.63. The lowest BCUT2D eigenvalue weighted by Gasteiger charge is -2.40. The van der Waals surface area contributed by atoms with Crippen LogP contribution in [0.1, 0.15) is 58.9 Å². The summed E-state index contributed by atoms with van der Waals surface area (Å²) in [6, 6.07) is 7.50.